The molecule has 3 heteroatoms. The second-order valence-corrected chi connectivity index (χ2v) is 5.58. The van der Waals surface area contributed by atoms with Gasteiger partial charge in [0.1, 0.15) is 0 Å². The van der Waals surface area contributed by atoms with Crippen LogP contribution < -0.4 is 5.32 Å². The number of nitrogens with one attached hydrogen (secondary N) is 1. The zero-order chi connectivity index (χ0) is 6.81. The van der Waals surface area contributed by atoms with E-state index in [1.54, 1.807) is 0 Å². The molecule has 0 amide bonds. The molecule has 0 aromatic carbocycles. The molecule has 0 radical (unpaired) electrons. The van der Waals surface area contributed by atoms with Crippen molar-refractivity contribution in [3.63, 3.8) is 0 Å². The van der Waals surface area contributed by atoms with Crippen molar-refractivity contribution in [2.75, 3.05) is 18.1 Å². The fourth-order valence-electron chi connectivity index (χ4n) is 1.67. The van der Waals surface area contributed by atoms with Gasteiger partial charge >= 0.3 is 0 Å². The van der Waals surface area contributed by atoms with Crippen LogP contribution >= 0.6 is 21.6 Å². The van der Waals surface area contributed by atoms with Crippen LogP contribution in [0.3, 0.4) is 0 Å². The molecule has 0 aliphatic carbocycles. The first-order chi connectivity index (χ1) is 4.97. The molecule has 2 atom stereocenters. The van der Waals surface area contributed by atoms with Crippen LogP contribution in [0.15, 0.2) is 0 Å². The fraction of sp³-hybridized carbons (Fsp3) is 1.00. The molecule has 11 heavy (non-hydrogen) atoms. The van der Waals surface area contributed by atoms with E-state index in [0.717, 1.165) is 12.0 Å². The highest BCUT2D eigenvalue weighted by atomic mass is 33.1. The third-order valence-corrected chi connectivity index (χ3v) is 4.88. The molecule has 66 valence electrons. The summed E-state index contributed by atoms with van der Waals surface area (Å²) in [6, 6.07) is 0.847. The minimum absolute atomic E-state index is 0. The van der Waals surface area contributed by atoms with Crippen molar-refractivity contribution in [3.05, 3.63) is 0 Å². The van der Waals surface area contributed by atoms with Crippen LogP contribution in [0, 0.1) is 5.92 Å². The number of hydrogen-bond acceptors (Lipinski definition) is 3. The Balaban J connectivity index is 0.000000605. The van der Waals surface area contributed by atoms with E-state index < -0.39 is 0 Å². The van der Waals surface area contributed by atoms with E-state index in [4.69, 9.17) is 0 Å². The molecule has 2 unspecified atom stereocenters. The van der Waals surface area contributed by atoms with Gasteiger partial charge < -0.3 is 5.32 Å². The van der Waals surface area contributed by atoms with E-state index >= 15 is 0 Å². The predicted molar refractivity (Wildman–Crippen MR) is 56.2 cm³/mol. The second kappa shape index (κ2) is 4.63. The maximum Gasteiger partial charge on any atom is 0.0202 e. The van der Waals surface area contributed by atoms with Gasteiger partial charge in [-0.3, -0.25) is 0 Å². The van der Waals surface area contributed by atoms with Crippen LogP contribution in [-0.2, 0) is 0 Å². The first-order valence-corrected chi connectivity index (χ1v) is 6.43. The van der Waals surface area contributed by atoms with Crippen molar-refractivity contribution in [2.24, 2.45) is 5.92 Å². The van der Waals surface area contributed by atoms with Gasteiger partial charge in [-0.2, -0.15) is 0 Å². The van der Waals surface area contributed by atoms with Crippen molar-refractivity contribution >= 4 is 21.6 Å². The summed E-state index contributed by atoms with van der Waals surface area (Å²) in [7, 11) is 4.09. The largest absolute Gasteiger partial charge is 0.313 e. The summed E-state index contributed by atoms with van der Waals surface area (Å²) >= 11 is 0. The number of piperidine rings is 1. The molecule has 0 spiro atoms. The lowest BCUT2D eigenvalue weighted by molar-refractivity contribution is 0.327. The standard InChI is InChI=1S/C7H13NS2.CH4/c1-2-6-4-9-10-5-7(6)8-3-1;/h6-8H,1-5H2;1H4. The zero-order valence-electron chi connectivity index (χ0n) is 6.01. The third-order valence-electron chi connectivity index (χ3n) is 2.34. The van der Waals surface area contributed by atoms with Crippen LogP contribution in [0.5, 0.6) is 0 Å². The minimum Gasteiger partial charge on any atom is -0.313 e. The van der Waals surface area contributed by atoms with Gasteiger partial charge in [-0.25, -0.2) is 0 Å². The summed E-state index contributed by atoms with van der Waals surface area (Å²) in [6.45, 7) is 1.26. The molecule has 0 bridgehead atoms. The van der Waals surface area contributed by atoms with Gasteiger partial charge in [0.15, 0.2) is 0 Å². The predicted octanol–water partition coefficient (Wildman–Crippen LogP) is 2.39. The third kappa shape index (κ3) is 2.30. The number of fused-ring (bicyclic) bond motifs is 1. The number of hydrogen-bond donors (Lipinski definition) is 1. The van der Waals surface area contributed by atoms with Gasteiger partial charge in [0.25, 0.3) is 0 Å². The first-order valence-electron chi connectivity index (χ1n) is 3.94. The molecule has 2 heterocycles. The lowest BCUT2D eigenvalue weighted by Crippen LogP contribution is -2.45. The normalized spacial score (nSPS) is 37.1. The summed E-state index contributed by atoms with van der Waals surface area (Å²) in [5, 5.41) is 3.59. The monoisotopic (exact) mass is 191 g/mol. The van der Waals surface area contributed by atoms with E-state index in [0.29, 0.717) is 0 Å². The Bertz CT molecular complexity index is 92.7. The molecule has 2 aliphatic rings. The molecule has 2 aliphatic heterocycles. The van der Waals surface area contributed by atoms with E-state index in [1.165, 1.54) is 30.9 Å². The molecule has 0 aromatic rings. The topological polar surface area (TPSA) is 12.0 Å². The molecule has 2 rings (SSSR count). The van der Waals surface area contributed by atoms with Crippen molar-refractivity contribution in [1.29, 1.82) is 0 Å². The Kier molecular flexibility index (Phi) is 4.10. The van der Waals surface area contributed by atoms with Crippen LogP contribution in [0.2, 0.25) is 0 Å². The van der Waals surface area contributed by atoms with Crippen LogP contribution in [-0.4, -0.2) is 24.1 Å². The summed E-state index contributed by atoms with van der Waals surface area (Å²) < 4.78 is 0. The van der Waals surface area contributed by atoms with Gasteiger partial charge in [0.05, 0.1) is 0 Å². The van der Waals surface area contributed by atoms with Crippen LogP contribution in [0.25, 0.3) is 0 Å². The van der Waals surface area contributed by atoms with Crippen molar-refractivity contribution in [1.82, 2.24) is 5.32 Å². The Morgan fingerprint density at radius 2 is 2.00 bits per heavy atom. The minimum atomic E-state index is 0. The summed E-state index contributed by atoms with van der Waals surface area (Å²) in [5.41, 5.74) is 0. The molecule has 2 fully saturated rings. The Morgan fingerprint density at radius 3 is 2.82 bits per heavy atom. The Morgan fingerprint density at radius 1 is 1.18 bits per heavy atom. The average molecular weight is 191 g/mol. The highest BCUT2D eigenvalue weighted by Crippen LogP contribution is 2.36. The van der Waals surface area contributed by atoms with Gasteiger partial charge in [-0.05, 0) is 25.3 Å². The molecule has 1 nitrogen and oxygen atoms in total. The summed E-state index contributed by atoms with van der Waals surface area (Å²) in [5.74, 6) is 3.69. The molecule has 2 saturated heterocycles. The SMILES string of the molecule is C.C1CNC2CSSCC2C1. The summed E-state index contributed by atoms with van der Waals surface area (Å²) in [4.78, 5) is 0. The quantitative estimate of drug-likeness (QED) is 0.591. The van der Waals surface area contributed by atoms with E-state index in [-0.39, 0.29) is 7.43 Å². The summed E-state index contributed by atoms with van der Waals surface area (Å²) in [6.07, 6.45) is 2.86. The van der Waals surface area contributed by atoms with E-state index in [9.17, 15) is 0 Å². The van der Waals surface area contributed by atoms with E-state index in [2.05, 4.69) is 16.1 Å². The lowest BCUT2D eigenvalue weighted by Gasteiger charge is -2.35. The molecule has 1 N–H and O–H groups in total. The maximum absolute atomic E-state index is 3.59. The molecule has 0 aromatic heterocycles. The van der Waals surface area contributed by atoms with Gasteiger partial charge in [-0.1, -0.05) is 29.0 Å². The lowest BCUT2D eigenvalue weighted by atomic mass is 9.94. The fourth-order valence-corrected chi connectivity index (χ4v) is 4.52. The number of rotatable bonds is 0. The van der Waals surface area contributed by atoms with Gasteiger partial charge in [0, 0.05) is 17.5 Å². The van der Waals surface area contributed by atoms with Gasteiger partial charge in [0.2, 0.25) is 0 Å². The van der Waals surface area contributed by atoms with Crippen molar-refractivity contribution in [3.8, 4) is 0 Å². The maximum atomic E-state index is 3.59. The van der Waals surface area contributed by atoms with Gasteiger partial charge in [-0.15, -0.1) is 0 Å². The highest BCUT2D eigenvalue weighted by Gasteiger charge is 2.27. The van der Waals surface area contributed by atoms with E-state index in [1.807, 2.05) is 10.8 Å². The van der Waals surface area contributed by atoms with Crippen LogP contribution in [0.4, 0.5) is 0 Å². The van der Waals surface area contributed by atoms with Crippen molar-refractivity contribution in [2.45, 2.75) is 26.3 Å². The second-order valence-electron chi connectivity index (χ2n) is 3.03. The molecular weight excluding hydrogens is 174 g/mol. The zero-order valence-corrected chi connectivity index (χ0v) is 7.64. The highest BCUT2D eigenvalue weighted by molar-refractivity contribution is 8.76. The Labute approximate surface area is 77.5 Å². The molecular formula is C8H17NS2. The first kappa shape index (κ1) is 9.75. The molecule has 0 saturated carbocycles. The Hall–Kier alpha value is 0.660. The smallest absolute Gasteiger partial charge is 0.0202 e. The average Bonchev–Trinajstić information content (AvgIpc) is 2.05. The van der Waals surface area contributed by atoms with Crippen molar-refractivity contribution < 1.29 is 0 Å². The van der Waals surface area contributed by atoms with Crippen LogP contribution in [0.1, 0.15) is 20.3 Å².